The second-order valence-corrected chi connectivity index (χ2v) is 7.07. The Morgan fingerprint density at radius 2 is 1.15 bits per heavy atom. The Labute approximate surface area is 206 Å². The minimum absolute atomic E-state index is 0.418. The lowest BCUT2D eigenvalue weighted by Crippen LogP contribution is -1.93. The van der Waals surface area contributed by atoms with Gasteiger partial charge >= 0.3 is 0 Å². The molecule has 0 aliphatic heterocycles. The zero-order chi connectivity index (χ0) is 25.2. The van der Waals surface area contributed by atoms with E-state index in [4.69, 9.17) is 55.1 Å². The summed E-state index contributed by atoms with van der Waals surface area (Å²) in [5.41, 5.74) is 1.54. The predicted octanol–water partition coefficient (Wildman–Crippen LogP) is 6.29. The molecule has 0 amide bonds. The van der Waals surface area contributed by atoms with Gasteiger partial charge in [0, 0.05) is 28.6 Å². The number of hydrogen-bond donors (Lipinski definition) is 2. The number of hydrogen-bond acceptors (Lipinski definition) is 5. The molecule has 0 spiro atoms. The van der Waals surface area contributed by atoms with Gasteiger partial charge in [-0.25, -0.2) is 0 Å². The number of carboxylic acid groups (broad SMARTS) is 1. The smallest absolute Gasteiger partial charge is 0.300 e. The van der Waals surface area contributed by atoms with Gasteiger partial charge in [0.15, 0.2) is 18.7 Å². The van der Waals surface area contributed by atoms with E-state index in [1.54, 1.807) is 78.9 Å². The van der Waals surface area contributed by atoms with E-state index < -0.39 is 12.1 Å². The highest BCUT2D eigenvalue weighted by Gasteiger charge is 2.07. The number of benzene rings is 3. The van der Waals surface area contributed by atoms with E-state index in [1.807, 2.05) is 0 Å². The second-order valence-electron chi connectivity index (χ2n) is 5.85. The van der Waals surface area contributed by atoms with E-state index in [2.05, 4.69) is 0 Å². The molecule has 2 N–H and O–H groups in total. The number of carbonyl (C=O) groups is 3. The van der Waals surface area contributed by atoms with Crippen LogP contribution in [0.1, 0.15) is 39.3 Å². The number of rotatable bonds is 3. The molecule has 0 radical (unpaired) electrons. The van der Waals surface area contributed by atoms with Gasteiger partial charge < -0.3 is 10.2 Å². The molecule has 0 aliphatic carbocycles. The third kappa shape index (κ3) is 13.1. The van der Waals surface area contributed by atoms with Crippen molar-refractivity contribution in [2.75, 3.05) is 0 Å². The first-order chi connectivity index (χ1) is 15.7. The second kappa shape index (κ2) is 17.4. The molecule has 3 aromatic carbocycles. The highest BCUT2D eigenvalue weighted by atomic mass is 35.5. The number of aliphatic hydroxyl groups excluding tert-OH is 1. The fraction of sp³-hybridized carbons (Fsp3) is 0.0833. The molecule has 0 saturated heterocycles. The van der Waals surface area contributed by atoms with Gasteiger partial charge in [0.05, 0.1) is 16.1 Å². The van der Waals surface area contributed by atoms with Crippen LogP contribution in [0.5, 0.6) is 0 Å². The van der Waals surface area contributed by atoms with Crippen LogP contribution in [-0.4, -0.2) is 28.8 Å². The maximum Gasteiger partial charge on any atom is 0.300 e. The maximum atomic E-state index is 10.1. The summed E-state index contributed by atoms with van der Waals surface area (Å²) in [4.78, 5) is 29.3. The summed E-state index contributed by atoms with van der Waals surface area (Å²) in [6.07, 6.45) is 0.355. The molecule has 0 aliphatic rings. The first kappa shape index (κ1) is 29.8. The van der Waals surface area contributed by atoms with Crippen LogP contribution < -0.4 is 0 Å². The van der Waals surface area contributed by atoms with Crippen molar-refractivity contribution in [1.29, 1.82) is 5.26 Å². The first-order valence-electron chi connectivity index (χ1n) is 9.08. The van der Waals surface area contributed by atoms with Crippen molar-refractivity contribution in [1.82, 2.24) is 0 Å². The molecule has 0 heterocycles. The van der Waals surface area contributed by atoms with Gasteiger partial charge in [0.25, 0.3) is 5.97 Å². The van der Waals surface area contributed by atoms with Crippen LogP contribution in [-0.2, 0) is 4.79 Å². The molecule has 0 unspecified atom stereocenters. The Hall–Kier alpha value is -3.21. The first-order valence-corrected chi connectivity index (χ1v) is 10.2. The molecule has 6 nitrogen and oxygen atoms in total. The third-order valence-corrected chi connectivity index (χ3v) is 4.42. The number of carboxylic acids is 1. The van der Waals surface area contributed by atoms with Crippen molar-refractivity contribution in [2.24, 2.45) is 0 Å². The van der Waals surface area contributed by atoms with Crippen molar-refractivity contribution < 1.29 is 24.6 Å². The van der Waals surface area contributed by atoms with Crippen molar-refractivity contribution in [2.45, 2.75) is 13.0 Å². The normalized spacial score (nSPS) is 9.70. The van der Waals surface area contributed by atoms with Gasteiger partial charge in [-0.05, 0) is 18.2 Å². The van der Waals surface area contributed by atoms with Gasteiger partial charge in [0.1, 0.15) is 0 Å². The Morgan fingerprint density at radius 3 is 1.42 bits per heavy atom. The number of nitrogens with zero attached hydrogens (tertiary/aromatic N) is 1. The van der Waals surface area contributed by atoms with E-state index in [-0.39, 0.29) is 0 Å². The SMILES string of the molecule is CC(=O)O.N#C[C@@H](O)c1ccccc1Cl.O=Cc1ccccc1Cl.O=Cc1ccccc1Cl. The lowest BCUT2D eigenvalue weighted by molar-refractivity contribution is -0.134. The average Bonchev–Trinajstić information content (AvgIpc) is 2.80. The summed E-state index contributed by atoms with van der Waals surface area (Å²) in [6.45, 7) is 1.08. The molecular weight excluding hydrogens is 489 g/mol. The van der Waals surface area contributed by atoms with Crippen LogP contribution in [0.15, 0.2) is 72.8 Å². The monoisotopic (exact) mass is 507 g/mol. The van der Waals surface area contributed by atoms with Crippen LogP contribution in [0.3, 0.4) is 0 Å². The Bertz CT molecular complexity index is 1030. The number of halogens is 3. The quantitative estimate of drug-likeness (QED) is 0.317. The summed E-state index contributed by atoms with van der Waals surface area (Å²) >= 11 is 16.9. The molecule has 3 rings (SSSR count). The molecule has 0 fully saturated rings. The zero-order valence-corrected chi connectivity index (χ0v) is 19.6. The van der Waals surface area contributed by atoms with Crippen LogP contribution in [0.4, 0.5) is 0 Å². The number of aliphatic hydroxyl groups is 1. The molecule has 0 saturated carbocycles. The zero-order valence-electron chi connectivity index (χ0n) is 17.4. The van der Waals surface area contributed by atoms with Crippen molar-refractivity contribution in [3.63, 3.8) is 0 Å². The summed E-state index contributed by atoms with van der Waals surface area (Å²) in [5.74, 6) is -0.833. The topological polar surface area (TPSA) is 115 Å². The van der Waals surface area contributed by atoms with Crippen molar-refractivity contribution in [3.05, 3.63) is 105 Å². The number of nitriles is 1. The number of carbonyl (C=O) groups excluding carboxylic acids is 2. The molecule has 33 heavy (non-hydrogen) atoms. The number of aliphatic carboxylic acids is 1. The van der Waals surface area contributed by atoms with Gasteiger partial charge in [-0.3, -0.25) is 14.4 Å². The molecule has 9 heteroatoms. The Balaban J connectivity index is 0.000000433. The molecule has 0 aromatic heterocycles. The predicted molar refractivity (Wildman–Crippen MR) is 129 cm³/mol. The fourth-order valence-electron chi connectivity index (χ4n) is 1.91. The summed E-state index contributed by atoms with van der Waals surface area (Å²) in [6, 6.07) is 22.3. The van der Waals surface area contributed by atoms with E-state index in [0.29, 0.717) is 31.8 Å². The maximum absolute atomic E-state index is 10.1. The fourth-order valence-corrected chi connectivity index (χ4v) is 2.51. The van der Waals surface area contributed by atoms with Crippen molar-refractivity contribution >= 4 is 53.3 Å². The highest BCUT2D eigenvalue weighted by molar-refractivity contribution is 6.33. The van der Waals surface area contributed by atoms with E-state index in [1.165, 1.54) is 0 Å². The number of aldehydes is 2. The minimum Gasteiger partial charge on any atom is -0.481 e. The van der Waals surface area contributed by atoms with Crippen LogP contribution in [0.25, 0.3) is 0 Å². The van der Waals surface area contributed by atoms with E-state index in [9.17, 15) is 9.59 Å². The minimum atomic E-state index is -1.12. The van der Waals surface area contributed by atoms with Gasteiger partial charge in [0.2, 0.25) is 0 Å². The van der Waals surface area contributed by atoms with Gasteiger partial charge in [-0.2, -0.15) is 5.26 Å². The largest absolute Gasteiger partial charge is 0.481 e. The lowest BCUT2D eigenvalue weighted by Gasteiger charge is -2.02. The summed E-state index contributed by atoms with van der Waals surface area (Å²) in [5, 5.41) is 26.3. The van der Waals surface area contributed by atoms with Gasteiger partial charge in [-0.15, -0.1) is 0 Å². The lowest BCUT2D eigenvalue weighted by atomic mass is 10.1. The van der Waals surface area contributed by atoms with Gasteiger partial charge in [-0.1, -0.05) is 89.4 Å². The van der Waals surface area contributed by atoms with Crippen molar-refractivity contribution in [3.8, 4) is 6.07 Å². The Kier molecular flexibility index (Phi) is 15.7. The highest BCUT2D eigenvalue weighted by Crippen LogP contribution is 2.21. The van der Waals surface area contributed by atoms with E-state index in [0.717, 1.165) is 19.5 Å². The molecule has 3 aromatic rings. The van der Waals surface area contributed by atoms with E-state index >= 15 is 0 Å². The summed E-state index contributed by atoms with van der Waals surface area (Å²) in [7, 11) is 0. The molecule has 172 valence electrons. The molecule has 0 bridgehead atoms. The molecular formula is C24H20Cl3NO5. The third-order valence-electron chi connectivity index (χ3n) is 3.39. The van der Waals surface area contributed by atoms with Crippen LogP contribution >= 0.6 is 34.8 Å². The van der Waals surface area contributed by atoms with Crippen LogP contribution in [0.2, 0.25) is 15.1 Å². The average molecular weight is 509 g/mol. The Morgan fingerprint density at radius 1 is 0.818 bits per heavy atom. The van der Waals surface area contributed by atoms with Crippen LogP contribution in [0, 0.1) is 11.3 Å². The summed E-state index contributed by atoms with van der Waals surface area (Å²) < 4.78 is 0. The molecule has 1 atom stereocenters. The standard InChI is InChI=1S/C8H6ClNO.2C7H5ClO.C2H4O2/c9-7-4-2-1-3-6(7)8(11)5-10;2*8-7-4-2-1-3-6(7)5-9;1-2(3)4/h1-4,8,11H;2*1-5H;1H3,(H,3,4)/t8-;;;/m1.../s1.